The first-order valence-electron chi connectivity index (χ1n) is 12.5. The molecule has 12 nitrogen and oxygen atoms in total. The molecular weight excluding hydrogens is 518 g/mol. The number of amides is 3. The van der Waals surface area contributed by atoms with Crippen molar-refractivity contribution < 1.29 is 34.1 Å². The highest BCUT2D eigenvalue weighted by Crippen LogP contribution is 2.34. The van der Waals surface area contributed by atoms with Gasteiger partial charge in [-0.1, -0.05) is 12.1 Å². The molecule has 0 saturated carbocycles. The van der Waals surface area contributed by atoms with E-state index in [9.17, 15) is 24.6 Å². The Kier molecular flexibility index (Phi) is 8.60. The van der Waals surface area contributed by atoms with Crippen LogP contribution in [0.25, 0.3) is 0 Å². The Morgan fingerprint density at radius 3 is 2.42 bits per heavy atom. The van der Waals surface area contributed by atoms with Gasteiger partial charge in [-0.25, -0.2) is 9.59 Å². The normalized spacial score (nSPS) is 15.1. The van der Waals surface area contributed by atoms with Gasteiger partial charge in [-0.15, -0.1) is 0 Å². The number of aromatic hydroxyl groups is 1. The number of nitrogens with zero attached hydrogens (tertiary/aromatic N) is 1. The highest BCUT2D eigenvalue weighted by molar-refractivity contribution is 6.02. The summed E-state index contributed by atoms with van der Waals surface area (Å²) < 4.78 is 11.8. The van der Waals surface area contributed by atoms with Gasteiger partial charge in [0.1, 0.15) is 17.2 Å². The predicted molar refractivity (Wildman–Crippen MR) is 150 cm³/mol. The first-order chi connectivity index (χ1) is 19.2. The number of anilines is 4. The Morgan fingerprint density at radius 2 is 1.80 bits per heavy atom. The number of nitrogens with two attached hydrogens (primary N) is 1. The third-order valence-corrected chi connectivity index (χ3v) is 6.40. The van der Waals surface area contributed by atoms with Crippen molar-refractivity contribution in [2.24, 2.45) is 0 Å². The number of carboxylic acids is 1. The number of methoxy groups -OCH3 is 1. The molecule has 0 spiro atoms. The quantitative estimate of drug-likeness (QED) is 0.132. The van der Waals surface area contributed by atoms with Crippen LogP contribution in [0.15, 0.2) is 60.7 Å². The summed E-state index contributed by atoms with van der Waals surface area (Å²) >= 11 is 0. The topological polar surface area (TPSA) is 175 Å². The maximum Gasteiger partial charge on any atom is 0.335 e. The van der Waals surface area contributed by atoms with Gasteiger partial charge < -0.3 is 41.4 Å². The lowest BCUT2D eigenvalue weighted by atomic mass is 10.1. The van der Waals surface area contributed by atoms with Gasteiger partial charge in [0.15, 0.2) is 6.23 Å². The lowest BCUT2D eigenvalue weighted by molar-refractivity contribution is -0.118. The van der Waals surface area contributed by atoms with Crippen LogP contribution in [0.5, 0.6) is 17.2 Å². The molecule has 0 radical (unpaired) electrons. The van der Waals surface area contributed by atoms with Crippen LogP contribution >= 0.6 is 0 Å². The summed E-state index contributed by atoms with van der Waals surface area (Å²) in [4.78, 5) is 38.4. The fraction of sp³-hybridized carbons (Fsp3) is 0.250. The van der Waals surface area contributed by atoms with E-state index in [2.05, 4.69) is 16.0 Å². The molecule has 0 bridgehead atoms. The van der Waals surface area contributed by atoms with E-state index >= 15 is 0 Å². The van der Waals surface area contributed by atoms with Crippen LogP contribution in [0.1, 0.15) is 30.1 Å². The molecule has 7 N–H and O–H groups in total. The molecule has 3 amide bonds. The third-order valence-electron chi connectivity index (χ3n) is 6.40. The summed E-state index contributed by atoms with van der Waals surface area (Å²) in [6, 6.07) is 14.5. The molecule has 3 aromatic carbocycles. The number of ether oxygens (including phenoxy) is 2. The third kappa shape index (κ3) is 6.35. The molecule has 3 aromatic rings. The molecule has 2 atom stereocenters. The molecule has 12 heteroatoms. The zero-order valence-electron chi connectivity index (χ0n) is 22.0. The fourth-order valence-corrected chi connectivity index (χ4v) is 4.48. The fourth-order valence-electron chi connectivity index (χ4n) is 4.48. The lowest BCUT2D eigenvalue weighted by Crippen LogP contribution is -2.53. The van der Waals surface area contributed by atoms with Crippen LogP contribution in [-0.2, 0) is 4.79 Å². The minimum Gasteiger partial charge on any atom is -0.506 e. The zero-order valence-corrected chi connectivity index (χ0v) is 22.0. The van der Waals surface area contributed by atoms with E-state index in [1.165, 1.54) is 43.2 Å². The minimum atomic E-state index is -1.12. The second-order valence-corrected chi connectivity index (χ2v) is 9.14. The molecule has 2 unspecified atom stereocenters. The van der Waals surface area contributed by atoms with Crippen molar-refractivity contribution in [1.82, 2.24) is 5.32 Å². The lowest BCUT2D eigenvalue weighted by Gasteiger charge is -2.35. The van der Waals surface area contributed by atoms with Gasteiger partial charge in [0.05, 0.1) is 41.5 Å². The van der Waals surface area contributed by atoms with E-state index in [4.69, 9.17) is 15.2 Å². The molecule has 1 fully saturated rings. The maximum absolute atomic E-state index is 13.0. The number of phenols is 1. The van der Waals surface area contributed by atoms with Crippen LogP contribution < -0.4 is 36.1 Å². The summed E-state index contributed by atoms with van der Waals surface area (Å²) in [6.45, 7) is 2.14. The van der Waals surface area contributed by atoms with Gasteiger partial charge in [0, 0.05) is 13.0 Å². The van der Waals surface area contributed by atoms with E-state index in [1.807, 2.05) is 0 Å². The molecule has 1 heterocycles. The highest BCUT2D eigenvalue weighted by Gasteiger charge is 2.35. The first kappa shape index (κ1) is 28.0. The summed E-state index contributed by atoms with van der Waals surface area (Å²) in [5.74, 6) is -1.00. The molecule has 1 aliphatic rings. The van der Waals surface area contributed by atoms with Crippen LogP contribution in [0.3, 0.4) is 0 Å². The number of hydrogen-bond acceptors (Lipinski definition) is 8. The molecule has 210 valence electrons. The Labute approximate surface area is 230 Å². The van der Waals surface area contributed by atoms with Crippen LogP contribution in [0.2, 0.25) is 0 Å². The number of para-hydroxylation sites is 2. The van der Waals surface area contributed by atoms with Gasteiger partial charge in [0.25, 0.3) is 0 Å². The largest absolute Gasteiger partial charge is 0.506 e. The van der Waals surface area contributed by atoms with Crippen LogP contribution in [0.4, 0.5) is 27.5 Å². The van der Waals surface area contributed by atoms with Crippen molar-refractivity contribution in [3.63, 3.8) is 0 Å². The molecule has 4 rings (SSSR count). The molecular formula is C28H31N5O7. The monoisotopic (exact) mass is 549 g/mol. The Balaban J connectivity index is 1.62. The van der Waals surface area contributed by atoms with E-state index < -0.39 is 18.2 Å². The number of nitrogens with one attached hydrogen (secondary N) is 3. The molecule has 0 aliphatic carbocycles. The Hall–Kier alpha value is -4.97. The summed E-state index contributed by atoms with van der Waals surface area (Å²) in [6.07, 6.45) is 0.776. The second kappa shape index (κ2) is 12.3. The number of carbonyl (C=O) groups excluding carboxylic acids is 2. The number of carboxylic acid groups (broad SMARTS) is 1. The SMILES string of the molecule is COc1cc(N(C(C)=O)C(Oc2ccc(C(=O)O)cc2N)C2CCCN2)ccc1NC(=O)Nc1ccccc1O. The van der Waals surface area contributed by atoms with E-state index in [0.29, 0.717) is 11.4 Å². The van der Waals surface area contributed by atoms with E-state index in [-0.39, 0.29) is 46.1 Å². The van der Waals surface area contributed by atoms with Gasteiger partial charge in [-0.3, -0.25) is 9.69 Å². The average Bonchev–Trinajstić information content (AvgIpc) is 3.46. The second-order valence-electron chi connectivity index (χ2n) is 9.14. The molecule has 1 saturated heterocycles. The van der Waals surface area contributed by atoms with Gasteiger partial charge >= 0.3 is 12.0 Å². The number of carbonyl (C=O) groups is 3. The summed E-state index contributed by atoms with van der Waals surface area (Å²) in [5.41, 5.74) is 7.25. The molecule has 1 aliphatic heterocycles. The summed E-state index contributed by atoms with van der Waals surface area (Å²) in [5, 5.41) is 27.8. The van der Waals surface area contributed by atoms with E-state index in [1.54, 1.807) is 36.4 Å². The number of nitrogen functional groups attached to an aromatic ring is 1. The standard InChI is InChI=1S/C28H31N5O7/c1-16(34)33(26(22-7-5-13-30-22)40-24-12-9-17(27(36)37)14-19(24)29)18-10-11-21(25(15-18)39-2)32-28(38)31-20-6-3-4-8-23(20)35/h3-4,6,8-12,14-15,22,26,30,35H,5,7,13,29H2,1-2H3,(H,36,37)(H2,31,32,38). The molecule has 40 heavy (non-hydrogen) atoms. The maximum atomic E-state index is 13.0. The van der Waals surface area contributed by atoms with Crippen LogP contribution in [0, 0.1) is 0 Å². The first-order valence-corrected chi connectivity index (χ1v) is 12.5. The number of benzene rings is 3. The number of hydrogen-bond donors (Lipinski definition) is 6. The average molecular weight is 550 g/mol. The van der Waals surface area contributed by atoms with Crippen molar-refractivity contribution >= 4 is 40.7 Å². The Bertz CT molecular complexity index is 1410. The smallest absolute Gasteiger partial charge is 0.335 e. The number of urea groups is 1. The highest BCUT2D eigenvalue weighted by atomic mass is 16.5. The van der Waals surface area contributed by atoms with E-state index in [0.717, 1.165) is 19.4 Å². The minimum absolute atomic E-state index is 0.0168. The van der Waals surface area contributed by atoms with Crippen molar-refractivity contribution in [3.8, 4) is 17.2 Å². The predicted octanol–water partition coefficient (Wildman–Crippen LogP) is 3.84. The van der Waals surface area contributed by atoms with Crippen molar-refractivity contribution in [3.05, 3.63) is 66.2 Å². The number of phenolic OH excluding ortho intramolecular Hbond substituents is 1. The van der Waals surface area contributed by atoms with Crippen molar-refractivity contribution in [2.45, 2.75) is 32.0 Å². The van der Waals surface area contributed by atoms with Crippen molar-refractivity contribution in [2.75, 3.05) is 34.9 Å². The molecule has 0 aromatic heterocycles. The van der Waals surface area contributed by atoms with Crippen molar-refractivity contribution in [1.29, 1.82) is 0 Å². The van der Waals surface area contributed by atoms with Gasteiger partial charge in [-0.2, -0.15) is 0 Å². The zero-order chi connectivity index (χ0) is 28.8. The summed E-state index contributed by atoms with van der Waals surface area (Å²) in [7, 11) is 1.43. The number of aromatic carboxylic acids is 1. The van der Waals surface area contributed by atoms with Gasteiger partial charge in [0.2, 0.25) is 5.91 Å². The van der Waals surface area contributed by atoms with Crippen LogP contribution in [-0.4, -0.2) is 54.0 Å². The van der Waals surface area contributed by atoms with Gasteiger partial charge in [-0.05, 0) is 61.9 Å². The number of rotatable bonds is 9. The Morgan fingerprint density at radius 1 is 1.05 bits per heavy atom.